The molecule has 0 saturated heterocycles. The Kier molecular flexibility index (Phi) is 20.8. The maximum absolute atomic E-state index is 12.9. The number of hydrogen-bond donors (Lipinski definition) is 3. The van der Waals surface area contributed by atoms with Gasteiger partial charge in [0, 0.05) is 53.1 Å². The number of primary sulfonamides is 1. The van der Waals surface area contributed by atoms with Crippen molar-refractivity contribution in [1.29, 1.82) is 5.26 Å². The van der Waals surface area contributed by atoms with Gasteiger partial charge in [-0.1, -0.05) is 92.4 Å². The van der Waals surface area contributed by atoms with Crippen molar-refractivity contribution in [3.05, 3.63) is 80.1 Å². The number of sulfonamides is 2. The SMILES string of the molecule is CC(C)c1cc(Cl)cc(C(C)C)c1OC#N.CCC(c1cc(S(=O)(=O)NC(=O)Nc2c(C(C)C)cc(Cl)cc2C(C)C)nn1C)N(C)C.CCC(c1cc(S(N)(=O)=O)nn1C)N(C)C. The van der Waals surface area contributed by atoms with Crippen molar-refractivity contribution in [3.63, 3.8) is 0 Å². The quantitative estimate of drug-likeness (QED) is 0.0956. The van der Waals surface area contributed by atoms with E-state index < -0.39 is 26.1 Å². The number of ether oxygens (including phenoxy) is 1. The van der Waals surface area contributed by atoms with Crippen LogP contribution in [0.4, 0.5) is 10.5 Å². The highest BCUT2D eigenvalue weighted by atomic mass is 35.5. The lowest BCUT2D eigenvalue weighted by molar-refractivity contribution is 0.256. The van der Waals surface area contributed by atoms with Gasteiger partial charge in [0.1, 0.15) is 5.75 Å². The zero-order valence-corrected chi connectivity index (χ0v) is 43.2. The number of benzene rings is 2. The number of carbonyl (C=O) groups excluding carboxylic acids is 1. The molecule has 2 heterocycles. The number of carbonyl (C=O) groups is 1. The van der Waals surface area contributed by atoms with Gasteiger partial charge in [-0.05, 0) is 100 Å². The second kappa shape index (κ2) is 23.8. The maximum atomic E-state index is 12.9. The van der Waals surface area contributed by atoms with Crippen LogP contribution in [0.2, 0.25) is 10.0 Å². The summed E-state index contributed by atoms with van der Waals surface area (Å²) in [6, 6.07) is 9.64. The number of anilines is 1. The van der Waals surface area contributed by atoms with E-state index in [1.165, 1.54) is 16.8 Å². The van der Waals surface area contributed by atoms with Crippen molar-refractivity contribution in [3.8, 4) is 12.0 Å². The maximum Gasteiger partial charge on any atom is 0.333 e. The van der Waals surface area contributed by atoms with Crippen molar-refractivity contribution in [2.24, 2.45) is 19.2 Å². The van der Waals surface area contributed by atoms with Gasteiger partial charge in [0.25, 0.3) is 26.3 Å². The first-order valence-electron chi connectivity index (χ1n) is 21.0. The molecule has 2 aromatic heterocycles. The highest BCUT2D eigenvalue weighted by Gasteiger charge is 2.27. The van der Waals surface area contributed by atoms with E-state index in [1.807, 2.05) is 91.7 Å². The summed E-state index contributed by atoms with van der Waals surface area (Å²) in [5.41, 5.74) is 5.82. The van der Waals surface area contributed by atoms with Gasteiger partial charge in [-0.3, -0.25) is 9.36 Å². The zero-order chi connectivity index (χ0) is 49.2. The fraction of sp³-hybridized carbons (Fsp3) is 0.545. The molecule has 0 aliphatic heterocycles. The molecular formula is C44H68Cl2N10O6S2. The van der Waals surface area contributed by atoms with Crippen molar-refractivity contribution >= 4 is 55.0 Å². The predicted octanol–water partition coefficient (Wildman–Crippen LogP) is 9.37. The van der Waals surface area contributed by atoms with E-state index in [0.717, 1.165) is 46.5 Å². The highest BCUT2D eigenvalue weighted by Crippen LogP contribution is 2.38. The molecule has 20 heteroatoms. The third kappa shape index (κ3) is 14.9. The van der Waals surface area contributed by atoms with Crippen LogP contribution in [0, 0.1) is 11.5 Å². The molecule has 4 N–H and O–H groups in total. The van der Waals surface area contributed by atoms with Crippen LogP contribution in [0.15, 0.2) is 46.5 Å². The normalized spacial score (nSPS) is 12.8. The van der Waals surface area contributed by atoms with Gasteiger partial charge in [0.2, 0.25) is 0 Å². The molecule has 0 bridgehead atoms. The van der Waals surface area contributed by atoms with Crippen LogP contribution in [-0.2, 0) is 34.1 Å². The monoisotopic (exact) mass is 966 g/mol. The van der Waals surface area contributed by atoms with Gasteiger partial charge < -0.3 is 19.9 Å². The number of nitrogens with zero attached hydrogens (tertiary/aromatic N) is 7. The van der Waals surface area contributed by atoms with Gasteiger partial charge >= 0.3 is 6.03 Å². The Labute approximate surface area is 391 Å². The fourth-order valence-electron chi connectivity index (χ4n) is 7.16. The topological polar surface area (TPSA) is 211 Å². The minimum Gasteiger partial charge on any atom is -0.387 e. The van der Waals surface area contributed by atoms with Crippen LogP contribution >= 0.6 is 23.2 Å². The number of rotatable bonds is 15. The molecule has 16 nitrogen and oxygen atoms in total. The van der Waals surface area contributed by atoms with Crippen LogP contribution in [0.25, 0.3) is 0 Å². The number of hydrogen-bond acceptors (Lipinski definition) is 11. The Morgan fingerprint density at radius 1 is 0.719 bits per heavy atom. The molecule has 0 radical (unpaired) electrons. The second-order valence-corrected chi connectivity index (χ2v) is 21.1. The third-order valence-corrected chi connectivity index (χ3v) is 12.9. The second-order valence-electron chi connectivity index (χ2n) is 17.1. The largest absolute Gasteiger partial charge is 0.387 e. The lowest BCUT2D eigenvalue weighted by atomic mass is 9.92. The Morgan fingerprint density at radius 3 is 1.39 bits per heavy atom. The summed E-state index contributed by atoms with van der Waals surface area (Å²) < 4.78 is 58.4. The highest BCUT2D eigenvalue weighted by molar-refractivity contribution is 7.90. The van der Waals surface area contributed by atoms with Gasteiger partial charge in [0.05, 0.1) is 23.5 Å². The van der Waals surface area contributed by atoms with Crippen LogP contribution in [0.5, 0.6) is 5.75 Å². The molecule has 2 atom stereocenters. The number of aromatic nitrogens is 4. The molecule has 4 aromatic rings. The Morgan fingerprint density at radius 2 is 1.08 bits per heavy atom. The van der Waals surface area contributed by atoms with E-state index in [9.17, 15) is 21.6 Å². The smallest absolute Gasteiger partial charge is 0.333 e. The van der Waals surface area contributed by atoms with E-state index >= 15 is 0 Å². The number of aryl methyl sites for hydroxylation is 2. The first kappa shape index (κ1) is 55.9. The lowest BCUT2D eigenvalue weighted by Crippen LogP contribution is -2.35. The molecule has 0 saturated carbocycles. The van der Waals surface area contributed by atoms with Crippen molar-refractivity contribution < 1.29 is 26.4 Å². The van der Waals surface area contributed by atoms with Gasteiger partial charge in [-0.15, -0.1) is 5.26 Å². The van der Waals surface area contributed by atoms with E-state index in [2.05, 4.69) is 47.9 Å². The zero-order valence-electron chi connectivity index (χ0n) is 40.1. The summed E-state index contributed by atoms with van der Waals surface area (Å²) in [5.74, 6) is 1.37. The summed E-state index contributed by atoms with van der Waals surface area (Å²) in [6.45, 7) is 20.2. The molecule has 2 aromatic carbocycles. The number of nitriles is 1. The number of amides is 2. The minimum atomic E-state index is -4.16. The lowest BCUT2D eigenvalue weighted by Gasteiger charge is -2.22. The Balaban J connectivity index is 0.000000368. The van der Waals surface area contributed by atoms with Gasteiger partial charge in [-0.2, -0.15) is 18.6 Å². The average molecular weight is 968 g/mol. The van der Waals surface area contributed by atoms with Crippen LogP contribution in [-0.4, -0.2) is 80.4 Å². The summed E-state index contributed by atoms with van der Waals surface area (Å²) in [4.78, 5) is 16.8. The number of halogens is 2. The minimum absolute atomic E-state index is 0.00143. The van der Waals surface area contributed by atoms with E-state index in [0.29, 0.717) is 21.5 Å². The van der Waals surface area contributed by atoms with Gasteiger partial charge in [-0.25, -0.2) is 23.1 Å². The molecule has 0 aliphatic rings. The van der Waals surface area contributed by atoms with E-state index in [4.69, 9.17) is 38.3 Å². The van der Waals surface area contributed by atoms with Crippen LogP contribution in [0.3, 0.4) is 0 Å². The molecule has 64 heavy (non-hydrogen) atoms. The molecule has 2 unspecified atom stereocenters. The summed E-state index contributed by atoms with van der Waals surface area (Å²) in [5, 5.41) is 25.5. The summed E-state index contributed by atoms with van der Waals surface area (Å²) in [6.07, 6.45) is 3.41. The molecule has 0 fully saturated rings. The van der Waals surface area contributed by atoms with Crippen LogP contribution < -0.4 is 19.9 Å². The van der Waals surface area contributed by atoms with Gasteiger partial charge in [0.15, 0.2) is 10.1 Å². The number of urea groups is 1. The van der Waals surface area contributed by atoms with E-state index in [-0.39, 0.29) is 45.8 Å². The molecule has 356 valence electrons. The molecule has 4 rings (SSSR count). The first-order chi connectivity index (χ1) is 29.5. The van der Waals surface area contributed by atoms with Crippen molar-refractivity contribution in [1.82, 2.24) is 34.1 Å². The molecule has 2 amide bonds. The molecule has 0 spiro atoms. The predicted molar refractivity (Wildman–Crippen MR) is 256 cm³/mol. The fourth-order valence-corrected chi connectivity index (χ4v) is 9.05. The Hall–Kier alpha value is -4.22. The van der Waals surface area contributed by atoms with E-state index in [1.54, 1.807) is 37.2 Å². The molecule has 0 aliphatic carbocycles. The first-order valence-corrected chi connectivity index (χ1v) is 24.8. The third-order valence-electron chi connectivity index (χ3n) is 10.4. The standard InChI is InChI=1S/C22H34ClN5O3S.C13H16ClNO.C9H18N4O2S/c1-9-18(27(6)7)19-12-20(25-28(19)8)32(30,31)26-22(29)24-21-16(13(2)3)10-15(23)11-17(21)14(4)5;1-8(2)11-5-10(14)6-12(9(3)4)13(11)16-7-15;1-5-7(12(2)3)8-6-9(11-13(8)4)16(10,14)15/h10-14,18H,9H2,1-8H3,(H2,24,26,29);5-6,8-9H,1-4H3;6-7H,5H2,1-4H3,(H2,10,14,15). The van der Waals surface area contributed by atoms with Crippen molar-refractivity contribution in [2.45, 2.75) is 128 Å². The Bertz CT molecular complexity index is 2420. The van der Waals surface area contributed by atoms with Crippen LogP contribution in [0.1, 0.15) is 151 Å². The summed E-state index contributed by atoms with van der Waals surface area (Å²) >= 11 is 12.3. The number of nitrogens with two attached hydrogens (primary N) is 1. The van der Waals surface area contributed by atoms with Crippen molar-refractivity contribution in [2.75, 3.05) is 33.5 Å². The number of nitrogens with one attached hydrogen (secondary N) is 2. The molecular weight excluding hydrogens is 900 g/mol. The average Bonchev–Trinajstić information content (AvgIpc) is 3.76. The summed E-state index contributed by atoms with van der Waals surface area (Å²) in [7, 11) is 3.26.